The van der Waals surface area contributed by atoms with Crippen LogP contribution in [-0.2, 0) is 4.79 Å². The molecule has 3 aromatic rings. The molecule has 3 heterocycles. The number of benzene rings is 1. The van der Waals surface area contributed by atoms with E-state index in [0.717, 1.165) is 25.9 Å². The van der Waals surface area contributed by atoms with Gasteiger partial charge in [-0.25, -0.2) is 23.1 Å². The molecule has 0 bridgehead atoms. The van der Waals surface area contributed by atoms with Gasteiger partial charge in [0, 0.05) is 43.2 Å². The van der Waals surface area contributed by atoms with Crippen molar-refractivity contribution < 1.29 is 18.0 Å². The van der Waals surface area contributed by atoms with Crippen molar-refractivity contribution in [2.45, 2.75) is 64.5 Å². The van der Waals surface area contributed by atoms with Crippen LogP contribution in [0.2, 0.25) is 0 Å². The molecule has 2 aromatic heterocycles. The summed E-state index contributed by atoms with van der Waals surface area (Å²) in [6.45, 7) is 5.60. The lowest BCUT2D eigenvalue weighted by atomic mass is 9.85. The van der Waals surface area contributed by atoms with Crippen molar-refractivity contribution in [3.05, 3.63) is 35.8 Å². The SMILES string of the molecule is CC(C)Nc1ncc2nc(Nc3c(F)cc(F)cc3F)n([C@H]3CC[C@@H](C(=O)N4CCCC4)CC3)c2n1. The second-order valence-corrected chi connectivity index (χ2v) is 9.91. The van der Waals surface area contributed by atoms with Crippen LogP contribution in [-0.4, -0.2) is 49.5 Å². The van der Waals surface area contributed by atoms with E-state index in [-0.39, 0.29) is 29.9 Å². The van der Waals surface area contributed by atoms with E-state index in [1.54, 1.807) is 6.20 Å². The molecule has 0 atom stereocenters. The van der Waals surface area contributed by atoms with Gasteiger partial charge in [0.05, 0.1) is 6.20 Å². The van der Waals surface area contributed by atoms with Gasteiger partial charge < -0.3 is 15.5 Å². The smallest absolute Gasteiger partial charge is 0.225 e. The molecule has 1 aliphatic carbocycles. The highest BCUT2D eigenvalue weighted by Gasteiger charge is 2.33. The molecular weight excluding hydrogens is 471 g/mol. The summed E-state index contributed by atoms with van der Waals surface area (Å²) in [5.41, 5.74) is 0.497. The number of nitrogens with zero attached hydrogens (tertiary/aromatic N) is 5. The van der Waals surface area contributed by atoms with Gasteiger partial charge in [0.15, 0.2) is 17.3 Å². The number of rotatable bonds is 6. The number of aromatic nitrogens is 4. The maximum Gasteiger partial charge on any atom is 0.225 e. The van der Waals surface area contributed by atoms with Crippen molar-refractivity contribution >= 4 is 34.7 Å². The van der Waals surface area contributed by atoms with Crippen LogP contribution >= 0.6 is 0 Å². The minimum atomic E-state index is -1.06. The van der Waals surface area contributed by atoms with E-state index in [1.807, 2.05) is 23.3 Å². The predicted molar refractivity (Wildman–Crippen MR) is 130 cm³/mol. The lowest BCUT2D eigenvalue weighted by molar-refractivity contribution is -0.135. The van der Waals surface area contributed by atoms with Gasteiger partial charge in [0.1, 0.15) is 17.0 Å². The lowest BCUT2D eigenvalue weighted by Gasteiger charge is -2.32. The number of imidazole rings is 1. The van der Waals surface area contributed by atoms with E-state index in [1.165, 1.54) is 0 Å². The number of hydrogen-bond acceptors (Lipinski definition) is 6. The highest BCUT2D eigenvalue weighted by atomic mass is 19.1. The Balaban J connectivity index is 1.47. The molecule has 2 N–H and O–H groups in total. The van der Waals surface area contributed by atoms with E-state index in [2.05, 4.69) is 25.6 Å². The standard InChI is InChI=1S/C25H30F3N7O/c1-14(2)30-24-29-13-20-22(33-24)35(25(31-20)32-21-18(27)11-16(26)12-19(21)28)17-7-5-15(6-8-17)23(36)34-9-3-4-10-34/h11-15,17H,3-10H2,1-2H3,(H,31,32)(H,29,30,33)/t15-,17+. The second kappa shape index (κ2) is 9.94. The summed E-state index contributed by atoms with van der Waals surface area (Å²) in [5.74, 6) is -2.30. The summed E-state index contributed by atoms with van der Waals surface area (Å²) in [5, 5.41) is 5.90. The lowest BCUT2D eigenvalue weighted by Crippen LogP contribution is -2.36. The number of fused-ring (bicyclic) bond motifs is 1. The van der Waals surface area contributed by atoms with E-state index >= 15 is 0 Å². The second-order valence-electron chi connectivity index (χ2n) is 9.91. The number of anilines is 3. The predicted octanol–water partition coefficient (Wildman–Crippen LogP) is 5.16. The Bertz CT molecular complexity index is 1240. The van der Waals surface area contributed by atoms with Gasteiger partial charge in [0.2, 0.25) is 17.8 Å². The Morgan fingerprint density at radius 1 is 1.03 bits per heavy atom. The molecule has 5 rings (SSSR count). The van der Waals surface area contributed by atoms with Crippen molar-refractivity contribution in [2.24, 2.45) is 5.92 Å². The third kappa shape index (κ3) is 4.83. The highest BCUT2D eigenvalue weighted by molar-refractivity contribution is 5.79. The monoisotopic (exact) mass is 501 g/mol. The minimum Gasteiger partial charge on any atom is -0.352 e. The third-order valence-corrected chi connectivity index (χ3v) is 6.92. The molecular formula is C25H30F3N7O. The Kier molecular flexibility index (Phi) is 6.72. The number of halogens is 3. The molecule has 1 saturated heterocycles. The molecule has 0 unspecified atom stereocenters. The van der Waals surface area contributed by atoms with Gasteiger partial charge >= 0.3 is 0 Å². The molecule has 1 saturated carbocycles. The van der Waals surface area contributed by atoms with E-state index in [0.29, 0.717) is 54.9 Å². The average Bonchev–Trinajstić information content (AvgIpc) is 3.49. The largest absolute Gasteiger partial charge is 0.352 e. The summed E-state index contributed by atoms with van der Waals surface area (Å²) in [6.07, 6.45) is 6.47. The molecule has 2 aliphatic rings. The van der Waals surface area contributed by atoms with Crippen LogP contribution in [0, 0.1) is 23.4 Å². The summed E-state index contributed by atoms with van der Waals surface area (Å²) < 4.78 is 44.2. The summed E-state index contributed by atoms with van der Waals surface area (Å²) in [7, 11) is 0. The zero-order chi connectivity index (χ0) is 25.4. The number of likely N-dealkylation sites (tertiary alicyclic amines) is 1. The normalized spacial score (nSPS) is 20.3. The van der Waals surface area contributed by atoms with Crippen LogP contribution in [0.3, 0.4) is 0 Å². The van der Waals surface area contributed by atoms with Crippen molar-refractivity contribution in [1.82, 2.24) is 24.4 Å². The van der Waals surface area contributed by atoms with Crippen LogP contribution in [0.1, 0.15) is 58.4 Å². The van der Waals surface area contributed by atoms with Crippen LogP contribution < -0.4 is 10.6 Å². The number of carbonyl (C=O) groups excluding carboxylic acids is 1. The van der Waals surface area contributed by atoms with Gasteiger partial charge in [-0.05, 0) is 52.4 Å². The van der Waals surface area contributed by atoms with Gasteiger partial charge in [-0.2, -0.15) is 4.98 Å². The summed E-state index contributed by atoms with van der Waals surface area (Å²) in [6, 6.07) is 1.26. The molecule has 36 heavy (non-hydrogen) atoms. The Morgan fingerprint density at radius 3 is 2.33 bits per heavy atom. The van der Waals surface area contributed by atoms with Crippen molar-refractivity contribution in [3.8, 4) is 0 Å². The molecule has 1 amide bonds. The zero-order valence-corrected chi connectivity index (χ0v) is 20.4. The molecule has 1 aromatic carbocycles. The first-order valence-electron chi connectivity index (χ1n) is 12.5. The molecule has 192 valence electrons. The summed E-state index contributed by atoms with van der Waals surface area (Å²) >= 11 is 0. The first-order valence-corrected chi connectivity index (χ1v) is 12.5. The van der Waals surface area contributed by atoms with Gasteiger partial charge in [0.25, 0.3) is 0 Å². The average molecular weight is 502 g/mol. The van der Waals surface area contributed by atoms with Crippen LogP contribution in [0.5, 0.6) is 0 Å². The van der Waals surface area contributed by atoms with E-state index in [4.69, 9.17) is 0 Å². The molecule has 1 aliphatic heterocycles. The molecule has 0 spiro atoms. The number of amides is 1. The topological polar surface area (TPSA) is 88.0 Å². The number of carbonyl (C=O) groups is 1. The fourth-order valence-corrected chi connectivity index (χ4v) is 5.20. The maximum absolute atomic E-state index is 14.5. The van der Waals surface area contributed by atoms with E-state index < -0.39 is 23.1 Å². The van der Waals surface area contributed by atoms with E-state index in [9.17, 15) is 18.0 Å². The molecule has 8 nitrogen and oxygen atoms in total. The minimum absolute atomic E-state index is 0.0228. The first kappa shape index (κ1) is 24.3. The fourth-order valence-electron chi connectivity index (χ4n) is 5.20. The first-order chi connectivity index (χ1) is 17.3. The number of nitrogens with one attached hydrogen (secondary N) is 2. The summed E-state index contributed by atoms with van der Waals surface area (Å²) in [4.78, 5) is 28.3. The quantitative estimate of drug-likeness (QED) is 0.485. The Hall–Kier alpha value is -3.37. The molecule has 0 radical (unpaired) electrons. The van der Waals surface area contributed by atoms with Gasteiger partial charge in [-0.3, -0.25) is 9.36 Å². The molecule has 11 heteroatoms. The van der Waals surface area contributed by atoms with Crippen molar-refractivity contribution in [1.29, 1.82) is 0 Å². The fraction of sp³-hybridized carbons (Fsp3) is 0.520. The third-order valence-electron chi connectivity index (χ3n) is 6.92. The van der Waals surface area contributed by atoms with Gasteiger partial charge in [-0.1, -0.05) is 0 Å². The Morgan fingerprint density at radius 2 is 1.69 bits per heavy atom. The van der Waals surface area contributed by atoms with Crippen LogP contribution in [0.15, 0.2) is 18.3 Å². The number of hydrogen-bond donors (Lipinski definition) is 2. The zero-order valence-electron chi connectivity index (χ0n) is 20.4. The molecule has 2 fully saturated rings. The van der Waals surface area contributed by atoms with Gasteiger partial charge in [-0.15, -0.1) is 0 Å². The Labute approximate surface area is 207 Å². The maximum atomic E-state index is 14.5. The van der Waals surface area contributed by atoms with Crippen molar-refractivity contribution in [3.63, 3.8) is 0 Å². The van der Waals surface area contributed by atoms with Crippen molar-refractivity contribution in [2.75, 3.05) is 23.7 Å². The highest BCUT2D eigenvalue weighted by Crippen LogP contribution is 2.38. The van der Waals surface area contributed by atoms with Crippen LogP contribution in [0.25, 0.3) is 11.2 Å². The van der Waals surface area contributed by atoms with Crippen LogP contribution in [0.4, 0.5) is 30.8 Å².